The first-order valence-electron chi connectivity index (χ1n) is 7.83. The molecule has 0 aromatic heterocycles. The second kappa shape index (κ2) is 6.88. The topological polar surface area (TPSA) is 52.7 Å². The fourth-order valence-corrected chi connectivity index (χ4v) is 2.96. The quantitative estimate of drug-likeness (QED) is 0.860. The average Bonchev–Trinajstić information content (AvgIpc) is 2.41. The molecule has 1 aliphatic heterocycles. The van der Waals surface area contributed by atoms with Gasteiger partial charge in [-0.2, -0.15) is 0 Å². The van der Waals surface area contributed by atoms with Gasteiger partial charge in [0.1, 0.15) is 0 Å². The second-order valence-electron chi connectivity index (χ2n) is 6.83. The van der Waals surface area contributed by atoms with Gasteiger partial charge in [-0.25, -0.2) is 0 Å². The number of aliphatic hydroxyl groups is 1. The maximum atomic E-state index is 9.89. The van der Waals surface area contributed by atoms with Gasteiger partial charge in [-0.3, -0.25) is 9.80 Å². The third-order valence-electron chi connectivity index (χ3n) is 4.11. The molecule has 1 aliphatic rings. The molecule has 0 spiro atoms. The van der Waals surface area contributed by atoms with Gasteiger partial charge in [-0.1, -0.05) is 18.2 Å². The van der Waals surface area contributed by atoms with Crippen molar-refractivity contribution in [3.05, 3.63) is 34.9 Å². The molecule has 0 bridgehead atoms. The normalized spacial score (nSPS) is 18.1. The molecule has 0 saturated carbocycles. The lowest BCUT2D eigenvalue weighted by molar-refractivity contribution is 0.0166. The van der Waals surface area contributed by atoms with Crippen molar-refractivity contribution in [2.24, 2.45) is 5.73 Å². The number of hydrogen-bond donors (Lipinski definition) is 2. The summed E-state index contributed by atoms with van der Waals surface area (Å²) in [6.07, 6.45) is 0. The van der Waals surface area contributed by atoms with E-state index in [1.807, 2.05) is 13.8 Å². The van der Waals surface area contributed by atoms with Crippen molar-refractivity contribution in [3.8, 4) is 0 Å². The van der Waals surface area contributed by atoms with Crippen LogP contribution in [0.2, 0.25) is 0 Å². The Labute approximate surface area is 128 Å². The van der Waals surface area contributed by atoms with Crippen LogP contribution in [0.15, 0.2) is 18.2 Å². The lowest BCUT2D eigenvalue weighted by atomic mass is 10.0. The van der Waals surface area contributed by atoms with E-state index in [1.165, 1.54) is 16.7 Å². The molecule has 1 aromatic carbocycles. The standard InChI is InChI=1S/C17H29N3O/c1-14-10-15(11-18)4-5-16(14)12-19-6-8-20(9-7-19)13-17(2,3)21/h4-5,10,21H,6-9,11-13,18H2,1-3H3. The van der Waals surface area contributed by atoms with Gasteiger partial charge in [0.15, 0.2) is 0 Å². The molecular weight excluding hydrogens is 262 g/mol. The van der Waals surface area contributed by atoms with Crippen LogP contribution in [-0.4, -0.2) is 53.2 Å². The van der Waals surface area contributed by atoms with E-state index >= 15 is 0 Å². The van der Waals surface area contributed by atoms with Crippen molar-refractivity contribution < 1.29 is 5.11 Å². The lowest BCUT2D eigenvalue weighted by Gasteiger charge is -2.37. The summed E-state index contributed by atoms with van der Waals surface area (Å²) < 4.78 is 0. The van der Waals surface area contributed by atoms with E-state index in [2.05, 4.69) is 34.9 Å². The summed E-state index contributed by atoms with van der Waals surface area (Å²) in [5.74, 6) is 0. The zero-order valence-electron chi connectivity index (χ0n) is 13.6. The number of nitrogens with two attached hydrogens (primary N) is 1. The van der Waals surface area contributed by atoms with E-state index in [0.717, 1.165) is 39.3 Å². The zero-order chi connectivity index (χ0) is 15.5. The van der Waals surface area contributed by atoms with Crippen LogP contribution in [0.4, 0.5) is 0 Å². The minimum absolute atomic E-state index is 0.600. The van der Waals surface area contributed by atoms with Gasteiger partial charge in [0.25, 0.3) is 0 Å². The number of benzene rings is 1. The summed E-state index contributed by atoms with van der Waals surface area (Å²) in [6, 6.07) is 6.54. The van der Waals surface area contributed by atoms with Crippen LogP contribution in [0.5, 0.6) is 0 Å². The van der Waals surface area contributed by atoms with E-state index < -0.39 is 5.60 Å². The third kappa shape index (κ3) is 5.08. The first-order chi connectivity index (χ1) is 9.87. The molecule has 0 radical (unpaired) electrons. The molecule has 118 valence electrons. The molecule has 1 aromatic rings. The summed E-state index contributed by atoms with van der Waals surface area (Å²) in [7, 11) is 0. The van der Waals surface area contributed by atoms with Crippen LogP contribution in [-0.2, 0) is 13.1 Å². The zero-order valence-corrected chi connectivity index (χ0v) is 13.6. The third-order valence-corrected chi connectivity index (χ3v) is 4.11. The van der Waals surface area contributed by atoms with Crippen LogP contribution in [0.3, 0.4) is 0 Å². The Bertz CT molecular complexity index is 460. The molecule has 1 saturated heterocycles. The van der Waals surface area contributed by atoms with Crippen LogP contribution in [0.1, 0.15) is 30.5 Å². The van der Waals surface area contributed by atoms with Crippen molar-refractivity contribution in [3.63, 3.8) is 0 Å². The summed E-state index contributed by atoms with van der Waals surface area (Å²) in [6.45, 7) is 12.5. The summed E-state index contributed by atoms with van der Waals surface area (Å²) >= 11 is 0. The number of hydrogen-bond acceptors (Lipinski definition) is 4. The molecule has 1 heterocycles. The van der Waals surface area contributed by atoms with Crippen LogP contribution >= 0.6 is 0 Å². The smallest absolute Gasteiger partial charge is 0.0718 e. The predicted octanol–water partition coefficient (Wildman–Crippen LogP) is 1.34. The fourth-order valence-electron chi connectivity index (χ4n) is 2.96. The molecule has 0 amide bonds. The van der Waals surface area contributed by atoms with E-state index in [-0.39, 0.29) is 0 Å². The number of β-amino-alcohol motifs (C(OH)–C–C–N with tert-alkyl or cyclic N) is 1. The SMILES string of the molecule is Cc1cc(CN)ccc1CN1CCN(CC(C)(C)O)CC1. The van der Waals surface area contributed by atoms with Crippen molar-refractivity contribution in [1.82, 2.24) is 9.80 Å². The highest BCUT2D eigenvalue weighted by Crippen LogP contribution is 2.15. The van der Waals surface area contributed by atoms with E-state index in [0.29, 0.717) is 6.54 Å². The average molecular weight is 291 g/mol. The largest absolute Gasteiger partial charge is 0.389 e. The Balaban J connectivity index is 1.86. The number of rotatable bonds is 5. The van der Waals surface area contributed by atoms with E-state index in [1.54, 1.807) is 0 Å². The highest BCUT2D eigenvalue weighted by atomic mass is 16.3. The van der Waals surface area contributed by atoms with Crippen LogP contribution in [0.25, 0.3) is 0 Å². The Morgan fingerprint density at radius 2 is 1.76 bits per heavy atom. The molecule has 4 nitrogen and oxygen atoms in total. The molecule has 0 unspecified atom stereocenters. The Morgan fingerprint density at radius 1 is 1.14 bits per heavy atom. The maximum absolute atomic E-state index is 9.89. The van der Waals surface area contributed by atoms with Gasteiger partial charge < -0.3 is 10.8 Å². The molecule has 4 heteroatoms. The summed E-state index contributed by atoms with van der Waals surface area (Å²) in [5, 5.41) is 9.89. The first kappa shape index (κ1) is 16.4. The van der Waals surface area contributed by atoms with Gasteiger partial charge in [-0.15, -0.1) is 0 Å². The Morgan fingerprint density at radius 3 is 2.29 bits per heavy atom. The summed E-state index contributed by atoms with van der Waals surface area (Å²) in [4.78, 5) is 4.84. The fraction of sp³-hybridized carbons (Fsp3) is 0.647. The van der Waals surface area contributed by atoms with Crippen LogP contribution < -0.4 is 5.73 Å². The summed E-state index contributed by atoms with van der Waals surface area (Å²) in [5.41, 5.74) is 9.00. The Kier molecular flexibility index (Phi) is 5.38. The van der Waals surface area contributed by atoms with Crippen molar-refractivity contribution in [2.45, 2.75) is 39.5 Å². The lowest BCUT2D eigenvalue weighted by Crippen LogP contribution is -2.50. The van der Waals surface area contributed by atoms with E-state index in [4.69, 9.17) is 5.73 Å². The monoisotopic (exact) mass is 291 g/mol. The number of piperazine rings is 1. The highest BCUT2D eigenvalue weighted by Gasteiger charge is 2.22. The first-order valence-corrected chi connectivity index (χ1v) is 7.83. The maximum Gasteiger partial charge on any atom is 0.0718 e. The van der Waals surface area contributed by atoms with Gasteiger partial charge >= 0.3 is 0 Å². The highest BCUT2D eigenvalue weighted by molar-refractivity contribution is 5.31. The molecule has 0 atom stereocenters. The van der Waals surface area contributed by atoms with Gasteiger partial charge in [0.05, 0.1) is 5.60 Å². The molecule has 0 aliphatic carbocycles. The second-order valence-corrected chi connectivity index (χ2v) is 6.83. The minimum atomic E-state index is -0.600. The number of aryl methyl sites for hydroxylation is 1. The van der Waals surface area contributed by atoms with Crippen molar-refractivity contribution in [2.75, 3.05) is 32.7 Å². The predicted molar refractivity (Wildman–Crippen MR) is 87.1 cm³/mol. The van der Waals surface area contributed by atoms with Gasteiger partial charge in [0, 0.05) is 45.8 Å². The number of nitrogens with zero attached hydrogens (tertiary/aromatic N) is 2. The van der Waals surface area contributed by atoms with Gasteiger partial charge in [0.2, 0.25) is 0 Å². The van der Waals surface area contributed by atoms with Crippen molar-refractivity contribution >= 4 is 0 Å². The molecular formula is C17H29N3O. The Hall–Kier alpha value is -0.940. The van der Waals surface area contributed by atoms with Crippen molar-refractivity contribution in [1.29, 1.82) is 0 Å². The minimum Gasteiger partial charge on any atom is -0.389 e. The van der Waals surface area contributed by atoms with E-state index in [9.17, 15) is 5.11 Å². The van der Waals surface area contributed by atoms with Crippen LogP contribution in [0, 0.1) is 6.92 Å². The molecule has 2 rings (SSSR count). The molecule has 21 heavy (non-hydrogen) atoms. The molecule has 1 fully saturated rings. The molecule has 3 N–H and O–H groups in total. The van der Waals surface area contributed by atoms with Gasteiger partial charge in [-0.05, 0) is 37.5 Å².